The van der Waals surface area contributed by atoms with Gasteiger partial charge in [0.05, 0.1) is 18.5 Å². The van der Waals surface area contributed by atoms with Crippen molar-refractivity contribution in [2.24, 2.45) is 5.92 Å². The molecule has 2 aromatic heterocycles. The van der Waals surface area contributed by atoms with Crippen LogP contribution in [0.2, 0.25) is 0 Å². The number of anilines is 2. The Morgan fingerprint density at radius 1 is 1.19 bits per heavy atom. The molecule has 0 aromatic carbocycles. The molecule has 7 nitrogen and oxygen atoms in total. The van der Waals surface area contributed by atoms with Crippen molar-refractivity contribution in [3.05, 3.63) is 31.1 Å². The first-order valence-electron chi connectivity index (χ1n) is 10.1. The molecule has 7 heteroatoms. The molecule has 1 N–H and O–H groups in total. The minimum atomic E-state index is 0.239. The van der Waals surface area contributed by atoms with Gasteiger partial charge >= 0.3 is 0 Å². The molecule has 4 rings (SSSR count). The average molecular weight is 371 g/mol. The molecule has 2 fully saturated rings. The van der Waals surface area contributed by atoms with Gasteiger partial charge in [0.15, 0.2) is 0 Å². The molecule has 146 valence electrons. The Kier molecular flexibility index (Phi) is 5.57. The van der Waals surface area contributed by atoms with Gasteiger partial charge in [-0.25, -0.2) is 15.0 Å². The van der Waals surface area contributed by atoms with Gasteiger partial charge in [-0.15, -0.1) is 0 Å². The summed E-state index contributed by atoms with van der Waals surface area (Å²) < 4.78 is 8.22. The number of aromatic nitrogens is 4. The fourth-order valence-electron chi connectivity index (χ4n) is 4.28. The van der Waals surface area contributed by atoms with E-state index in [-0.39, 0.29) is 6.10 Å². The van der Waals surface area contributed by atoms with Gasteiger partial charge in [-0.2, -0.15) is 0 Å². The van der Waals surface area contributed by atoms with Gasteiger partial charge in [0, 0.05) is 44.2 Å². The lowest BCUT2D eigenvalue weighted by molar-refractivity contribution is -0.0203. The summed E-state index contributed by atoms with van der Waals surface area (Å²) in [6.07, 6.45) is 12.2. The van der Waals surface area contributed by atoms with Crippen LogP contribution in [0.25, 0.3) is 0 Å². The third kappa shape index (κ3) is 4.24. The maximum Gasteiger partial charge on any atom is 0.134 e. The van der Waals surface area contributed by atoms with Crippen LogP contribution in [0.4, 0.5) is 11.6 Å². The summed E-state index contributed by atoms with van der Waals surface area (Å²) in [7, 11) is 0. The Morgan fingerprint density at radius 2 is 2.04 bits per heavy atom. The van der Waals surface area contributed by atoms with Crippen LogP contribution < -0.4 is 10.2 Å². The van der Waals surface area contributed by atoms with Crippen molar-refractivity contribution < 1.29 is 4.74 Å². The Labute approximate surface area is 161 Å². The van der Waals surface area contributed by atoms with Crippen LogP contribution in [0.5, 0.6) is 0 Å². The average Bonchev–Trinajstić information content (AvgIpc) is 3.23. The predicted octanol–water partition coefficient (Wildman–Crippen LogP) is 3.13. The highest BCUT2D eigenvalue weighted by Crippen LogP contribution is 2.27. The molecule has 0 radical (unpaired) electrons. The van der Waals surface area contributed by atoms with Crippen LogP contribution in [-0.4, -0.2) is 51.4 Å². The number of nitrogens with one attached hydrogen (secondary N) is 1. The molecule has 2 aliphatic rings. The van der Waals surface area contributed by atoms with E-state index in [0.29, 0.717) is 18.0 Å². The SMILES string of the molecule is CC(C)[C@@H]1OCCC[C@@H]1Nc1cc(N2CCC(n3ccnc3)CC2)ncn1. The Morgan fingerprint density at radius 3 is 2.78 bits per heavy atom. The molecule has 0 saturated carbocycles. The van der Waals surface area contributed by atoms with Crippen molar-refractivity contribution in [1.82, 2.24) is 19.5 Å². The lowest BCUT2D eigenvalue weighted by Crippen LogP contribution is -2.43. The van der Waals surface area contributed by atoms with Crippen LogP contribution in [0.3, 0.4) is 0 Å². The number of rotatable bonds is 5. The van der Waals surface area contributed by atoms with E-state index in [2.05, 4.69) is 55.8 Å². The molecule has 2 saturated heterocycles. The second-order valence-corrected chi connectivity index (χ2v) is 7.96. The van der Waals surface area contributed by atoms with Crippen LogP contribution >= 0.6 is 0 Å². The largest absolute Gasteiger partial charge is 0.376 e. The first-order chi connectivity index (χ1) is 13.2. The number of ether oxygens (including phenoxy) is 1. The van der Waals surface area contributed by atoms with E-state index in [0.717, 1.165) is 57.0 Å². The molecular weight excluding hydrogens is 340 g/mol. The van der Waals surface area contributed by atoms with E-state index >= 15 is 0 Å². The van der Waals surface area contributed by atoms with Gasteiger partial charge in [0.25, 0.3) is 0 Å². The zero-order valence-corrected chi connectivity index (χ0v) is 16.3. The minimum Gasteiger partial charge on any atom is -0.376 e. The van der Waals surface area contributed by atoms with Crippen molar-refractivity contribution in [3.63, 3.8) is 0 Å². The molecule has 4 heterocycles. The summed E-state index contributed by atoms with van der Waals surface area (Å²) in [5, 5.41) is 3.61. The van der Waals surface area contributed by atoms with Gasteiger partial charge in [-0.3, -0.25) is 0 Å². The zero-order chi connectivity index (χ0) is 18.6. The Hall–Kier alpha value is -2.15. The highest BCUT2D eigenvalue weighted by Gasteiger charge is 2.29. The molecule has 2 aliphatic heterocycles. The minimum absolute atomic E-state index is 0.239. The second-order valence-electron chi connectivity index (χ2n) is 7.96. The van der Waals surface area contributed by atoms with Gasteiger partial charge in [-0.05, 0) is 31.6 Å². The van der Waals surface area contributed by atoms with Gasteiger partial charge < -0.3 is 19.5 Å². The Balaban J connectivity index is 1.39. The zero-order valence-electron chi connectivity index (χ0n) is 16.3. The summed E-state index contributed by atoms with van der Waals surface area (Å²) in [5.41, 5.74) is 0. The topological polar surface area (TPSA) is 68.1 Å². The third-order valence-corrected chi connectivity index (χ3v) is 5.74. The molecular formula is C20H30N6O. The van der Waals surface area contributed by atoms with Crippen LogP contribution in [0.1, 0.15) is 45.6 Å². The van der Waals surface area contributed by atoms with E-state index < -0.39 is 0 Å². The molecule has 27 heavy (non-hydrogen) atoms. The first kappa shape index (κ1) is 18.2. The van der Waals surface area contributed by atoms with Crippen molar-refractivity contribution in [2.45, 2.75) is 57.7 Å². The van der Waals surface area contributed by atoms with Crippen LogP contribution in [-0.2, 0) is 4.74 Å². The van der Waals surface area contributed by atoms with Crippen LogP contribution in [0.15, 0.2) is 31.1 Å². The summed E-state index contributed by atoms with van der Waals surface area (Å²) >= 11 is 0. The maximum absolute atomic E-state index is 5.99. The number of piperidine rings is 1. The van der Waals surface area contributed by atoms with E-state index in [4.69, 9.17) is 4.74 Å². The third-order valence-electron chi connectivity index (χ3n) is 5.74. The predicted molar refractivity (Wildman–Crippen MR) is 106 cm³/mol. The number of nitrogens with zero attached hydrogens (tertiary/aromatic N) is 5. The molecule has 0 amide bonds. The monoisotopic (exact) mass is 370 g/mol. The van der Waals surface area contributed by atoms with Gasteiger partial charge in [0.2, 0.25) is 0 Å². The lowest BCUT2D eigenvalue weighted by Gasteiger charge is -2.36. The molecule has 0 unspecified atom stereocenters. The van der Waals surface area contributed by atoms with Gasteiger partial charge in [0.1, 0.15) is 18.0 Å². The fourth-order valence-corrected chi connectivity index (χ4v) is 4.28. The summed E-state index contributed by atoms with van der Waals surface area (Å²) in [5.74, 6) is 2.40. The summed E-state index contributed by atoms with van der Waals surface area (Å²) in [6.45, 7) is 7.31. The molecule has 2 aromatic rings. The smallest absolute Gasteiger partial charge is 0.134 e. The molecule has 0 spiro atoms. The normalized spacial score (nSPS) is 24.3. The van der Waals surface area contributed by atoms with E-state index in [1.807, 2.05) is 12.5 Å². The van der Waals surface area contributed by atoms with Crippen molar-refractivity contribution in [3.8, 4) is 0 Å². The van der Waals surface area contributed by atoms with Crippen molar-refractivity contribution in [2.75, 3.05) is 29.9 Å². The van der Waals surface area contributed by atoms with Crippen molar-refractivity contribution >= 4 is 11.6 Å². The van der Waals surface area contributed by atoms with Gasteiger partial charge in [-0.1, -0.05) is 13.8 Å². The maximum atomic E-state index is 5.99. The first-order valence-corrected chi connectivity index (χ1v) is 10.1. The Bertz CT molecular complexity index is 711. The van der Waals surface area contributed by atoms with E-state index in [9.17, 15) is 0 Å². The summed E-state index contributed by atoms with van der Waals surface area (Å²) in [4.78, 5) is 15.5. The fraction of sp³-hybridized carbons (Fsp3) is 0.650. The highest BCUT2D eigenvalue weighted by molar-refractivity contribution is 5.49. The second kappa shape index (κ2) is 8.25. The van der Waals surface area contributed by atoms with E-state index in [1.165, 1.54) is 0 Å². The number of hydrogen-bond donors (Lipinski definition) is 1. The molecule has 2 atom stereocenters. The molecule has 0 aliphatic carbocycles. The molecule has 0 bridgehead atoms. The van der Waals surface area contributed by atoms with E-state index in [1.54, 1.807) is 6.33 Å². The number of imidazole rings is 1. The quantitative estimate of drug-likeness (QED) is 0.872. The summed E-state index contributed by atoms with van der Waals surface area (Å²) in [6, 6.07) is 2.94. The lowest BCUT2D eigenvalue weighted by atomic mass is 9.93. The van der Waals surface area contributed by atoms with Crippen molar-refractivity contribution in [1.29, 1.82) is 0 Å². The number of hydrogen-bond acceptors (Lipinski definition) is 6. The standard InChI is InChI=1S/C20H30N6O/c1-15(2)20-17(4-3-11-27-20)24-18-12-19(23-13-22-18)25-8-5-16(6-9-25)26-10-7-21-14-26/h7,10,12-17,20H,3-6,8-9,11H2,1-2H3,(H,22,23,24)/t17-,20-/m0/s1. The highest BCUT2D eigenvalue weighted by atomic mass is 16.5. The van der Waals surface area contributed by atoms with Crippen LogP contribution in [0, 0.1) is 5.92 Å².